The van der Waals surface area contributed by atoms with Crippen molar-refractivity contribution < 1.29 is 9.47 Å². The molecule has 0 aromatic rings. The van der Waals surface area contributed by atoms with Gasteiger partial charge in [-0.25, -0.2) is 0 Å². The van der Waals surface area contributed by atoms with Crippen molar-refractivity contribution in [2.24, 2.45) is 5.92 Å². The van der Waals surface area contributed by atoms with E-state index in [1.807, 2.05) is 6.92 Å². The molecular weight excluding hydrogens is 178 g/mol. The van der Waals surface area contributed by atoms with Crippen molar-refractivity contribution >= 4 is 18.3 Å². The normalized spacial score (nSPS) is 21.6. The fraction of sp³-hybridized carbons (Fsp3) is 0.875. The van der Waals surface area contributed by atoms with Crippen LogP contribution in [0, 0.1) is 11.3 Å². The summed E-state index contributed by atoms with van der Waals surface area (Å²) in [6.07, 6.45) is 1.82. The molecule has 0 aromatic carbocycles. The van der Waals surface area contributed by atoms with Crippen molar-refractivity contribution in [3.63, 3.8) is 0 Å². The number of halogens is 1. The zero-order valence-electron chi connectivity index (χ0n) is 7.34. The summed E-state index contributed by atoms with van der Waals surface area (Å²) in [7, 11) is 0. The van der Waals surface area contributed by atoms with Crippen molar-refractivity contribution in [2.75, 3.05) is 19.8 Å². The molecule has 0 radical (unpaired) electrons. The molecule has 1 unspecified atom stereocenters. The van der Waals surface area contributed by atoms with Gasteiger partial charge in [-0.2, -0.15) is 0 Å². The van der Waals surface area contributed by atoms with E-state index in [1.54, 1.807) is 0 Å². The minimum absolute atomic E-state index is 0. The van der Waals surface area contributed by atoms with Gasteiger partial charge < -0.3 is 9.47 Å². The second-order valence-corrected chi connectivity index (χ2v) is 2.79. The van der Waals surface area contributed by atoms with Crippen LogP contribution in [0.1, 0.15) is 19.8 Å². The van der Waals surface area contributed by atoms with E-state index in [-0.39, 0.29) is 12.4 Å². The SMILES string of the molecule is CCOC(=N)CC1CCOC1.Cl. The zero-order chi connectivity index (χ0) is 8.10. The van der Waals surface area contributed by atoms with Gasteiger partial charge in [0.25, 0.3) is 0 Å². The summed E-state index contributed by atoms with van der Waals surface area (Å²) >= 11 is 0. The first kappa shape index (κ1) is 11.7. The fourth-order valence-electron chi connectivity index (χ4n) is 1.24. The van der Waals surface area contributed by atoms with Gasteiger partial charge in [-0.1, -0.05) is 0 Å². The first-order chi connectivity index (χ1) is 5.33. The molecule has 1 heterocycles. The molecule has 1 atom stereocenters. The Morgan fingerprint density at radius 3 is 2.92 bits per heavy atom. The molecule has 0 saturated carbocycles. The molecule has 1 fully saturated rings. The van der Waals surface area contributed by atoms with E-state index < -0.39 is 0 Å². The lowest BCUT2D eigenvalue weighted by molar-refractivity contribution is 0.185. The monoisotopic (exact) mass is 193 g/mol. The summed E-state index contributed by atoms with van der Waals surface area (Å²) in [6.45, 7) is 4.16. The molecule has 0 aliphatic carbocycles. The predicted molar refractivity (Wildman–Crippen MR) is 50.1 cm³/mol. The van der Waals surface area contributed by atoms with Crippen molar-refractivity contribution in [1.82, 2.24) is 0 Å². The summed E-state index contributed by atoms with van der Waals surface area (Å²) in [6, 6.07) is 0. The van der Waals surface area contributed by atoms with Gasteiger partial charge in [0, 0.05) is 19.6 Å². The highest BCUT2D eigenvalue weighted by Crippen LogP contribution is 2.16. The Morgan fingerprint density at radius 1 is 1.67 bits per heavy atom. The van der Waals surface area contributed by atoms with E-state index in [0.717, 1.165) is 26.1 Å². The van der Waals surface area contributed by atoms with Crippen LogP contribution < -0.4 is 0 Å². The van der Waals surface area contributed by atoms with Crippen molar-refractivity contribution in [3.8, 4) is 0 Å². The van der Waals surface area contributed by atoms with E-state index in [9.17, 15) is 0 Å². The molecular formula is C8H16ClNO2. The minimum atomic E-state index is 0. The van der Waals surface area contributed by atoms with Gasteiger partial charge in [-0.3, -0.25) is 5.41 Å². The maximum absolute atomic E-state index is 7.38. The van der Waals surface area contributed by atoms with Crippen LogP contribution in [0.2, 0.25) is 0 Å². The number of ether oxygens (including phenoxy) is 2. The minimum Gasteiger partial charge on any atom is -0.481 e. The van der Waals surface area contributed by atoms with Crippen LogP contribution in [0.5, 0.6) is 0 Å². The third kappa shape index (κ3) is 3.93. The second kappa shape index (κ2) is 6.26. The summed E-state index contributed by atoms with van der Waals surface area (Å²) in [5.74, 6) is 0.928. The summed E-state index contributed by atoms with van der Waals surface area (Å²) < 4.78 is 10.2. The number of hydrogen-bond acceptors (Lipinski definition) is 3. The molecule has 3 nitrogen and oxygen atoms in total. The largest absolute Gasteiger partial charge is 0.481 e. The Hall–Kier alpha value is -0.280. The lowest BCUT2D eigenvalue weighted by Crippen LogP contribution is -2.10. The quantitative estimate of drug-likeness (QED) is 0.549. The van der Waals surface area contributed by atoms with E-state index >= 15 is 0 Å². The van der Waals surface area contributed by atoms with Crippen LogP contribution in [0.15, 0.2) is 0 Å². The van der Waals surface area contributed by atoms with Crippen LogP contribution in [0.4, 0.5) is 0 Å². The number of nitrogens with one attached hydrogen (secondary N) is 1. The van der Waals surface area contributed by atoms with Crippen LogP contribution in [0.3, 0.4) is 0 Å². The van der Waals surface area contributed by atoms with E-state index in [0.29, 0.717) is 18.4 Å². The Morgan fingerprint density at radius 2 is 2.42 bits per heavy atom. The predicted octanol–water partition coefficient (Wildman–Crippen LogP) is 1.85. The molecule has 1 saturated heterocycles. The van der Waals surface area contributed by atoms with Crippen molar-refractivity contribution in [3.05, 3.63) is 0 Å². The van der Waals surface area contributed by atoms with Gasteiger partial charge in [0.05, 0.1) is 6.61 Å². The van der Waals surface area contributed by atoms with Crippen LogP contribution in [0.25, 0.3) is 0 Å². The first-order valence-electron chi connectivity index (χ1n) is 4.11. The highest BCUT2D eigenvalue weighted by Gasteiger charge is 2.17. The summed E-state index contributed by atoms with van der Waals surface area (Å²) in [5, 5.41) is 7.38. The highest BCUT2D eigenvalue weighted by molar-refractivity contribution is 5.85. The number of hydrogen-bond donors (Lipinski definition) is 1. The lowest BCUT2D eigenvalue weighted by Gasteiger charge is -2.08. The maximum atomic E-state index is 7.38. The summed E-state index contributed by atoms with van der Waals surface area (Å²) in [4.78, 5) is 0. The topological polar surface area (TPSA) is 42.3 Å². The average molecular weight is 194 g/mol. The zero-order valence-corrected chi connectivity index (χ0v) is 8.15. The van der Waals surface area contributed by atoms with E-state index in [4.69, 9.17) is 14.9 Å². The van der Waals surface area contributed by atoms with Crippen LogP contribution in [-0.2, 0) is 9.47 Å². The number of rotatable bonds is 3. The highest BCUT2D eigenvalue weighted by atomic mass is 35.5. The standard InChI is InChI=1S/C8H15NO2.ClH/c1-2-11-8(9)5-7-3-4-10-6-7;/h7,9H,2-6H2,1H3;1H. The van der Waals surface area contributed by atoms with E-state index in [1.165, 1.54) is 0 Å². The summed E-state index contributed by atoms with van der Waals surface area (Å²) in [5.41, 5.74) is 0. The Kier molecular flexibility index (Phi) is 6.11. The fourth-order valence-corrected chi connectivity index (χ4v) is 1.24. The molecule has 72 valence electrons. The second-order valence-electron chi connectivity index (χ2n) is 2.79. The molecule has 1 rings (SSSR count). The smallest absolute Gasteiger partial charge is 0.180 e. The van der Waals surface area contributed by atoms with Crippen molar-refractivity contribution in [1.29, 1.82) is 5.41 Å². The molecule has 1 aliphatic rings. The van der Waals surface area contributed by atoms with Gasteiger partial charge in [-0.05, 0) is 19.3 Å². The molecule has 0 aromatic heterocycles. The molecule has 0 amide bonds. The van der Waals surface area contributed by atoms with Gasteiger partial charge in [0.15, 0.2) is 5.90 Å². The Bertz CT molecular complexity index is 135. The first-order valence-corrected chi connectivity index (χ1v) is 4.11. The maximum Gasteiger partial charge on any atom is 0.180 e. The van der Waals surface area contributed by atoms with Crippen LogP contribution in [-0.4, -0.2) is 25.7 Å². The Labute approximate surface area is 79.4 Å². The van der Waals surface area contributed by atoms with Gasteiger partial charge >= 0.3 is 0 Å². The molecule has 1 N–H and O–H groups in total. The average Bonchev–Trinajstić information content (AvgIpc) is 2.40. The van der Waals surface area contributed by atoms with Crippen LogP contribution >= 0.6 is 12.4 Å². The molecule has 0 spiro atoms. The van der Waals surface area contributed by atoms with Gasteiger partial charge in [0.1, 0.15) is 0 Å². The molecule has 0 bridgehead atoms. The van der Waals surface area contributed by atoms with Gasteiger partial charge in [-0.15, -0.1) is 12.4 Å². The third-order valence-corrected chi connectivity index (χ3v) is 1.82. The lowest BCUT2D eigenvalue weighted by atomic mass is 10.1. The molecule has 4 heteroatoms. The van der Waals surface area contributed by atoms with Gasteiger partial charge in [0.2, 0.25) is 0 Å². The van der Waals surface area contributed by atoms with E-state index in [2.05, 4.69) is 0 Å². The molecule has 1 aliphatic heterocycles. The third-order valence-electron chi connectivity index (χ3n) is 1.82. The Balaban J connectivity index is 0.00000121. The van der Waals surface area contributed by atoms with Crippen molar-refractivity contribution in [2.45, 2.75) is 19.8 Å². The molecule has 12 heavy (non-hydrogen) atoms.